The molecule has 0 aromatic heterocycles. The van der Waals surface area contributed by atoms with Gasteiger partial charge in [-0.15, -0.1) is 0 Å². The molecule has 0 radical (unpaired) electrons. The molecule has 0 spiro atoms. The molecule has 0 heterocycles. The molecule has 1 amide bonds. The van der Waals surface area contributed by atoms with Crippen LogP contribution < -0.4 is 5.32 Å². The average Bonchev–Trinajstić information content (AvgIpc) is 2.22. The molecule has 6 nitrogen and oxygen atoms in total. The van der Waals surface area contributed by atoms with E-state index in [2.05, 4.69) is 5.32 Å². The second-order valence-corrected chi connectivity index (χ2v) is 5.04. The number of esters is 1. The first kappa shape index (κ1) is 16.7. The van der Waals surface area contributed by atoms with Crippen molar-refractivity contribution in [1.29, 1.82) is 0 Å². The topological polar surface area (TPSA) is 73.9 Å². The van der Waals surface area contributed by atoms with Crippen molar-refractivity contribution in [2.45, 2.75) is 52.4 Å². The number of hydrogen-bond donors (Lipinski definition) is 1. The molecule has 18 heavy (non-hydrogen) atoms. The van der Waals surface area contributed by atoms with Gasteiger partial charge in [0.15, 0.2) is 0 Å². The Hall–Kier alpha value is -1.30. The van der Waals surface area contributed by atoms with Crippen LogP contribution in [0.15, 0.2) is 0 Å². The lowest BCUT2D eigenvalue weighted by Crippen LogP contribution is -2.42. The Balaban J connectivity index is 4.04. The van der Waals surface area contributed by atoms with E-state index in [-0.39, 0.29) is 12.7 Å². The van der Waals surface area contributed by atoms with Crippen LogP contribution in [0.2, 0.25) is 0 Å². The predicted molar refractivity (Wildman–Crippen MR) is 66.3 cm³/mol. The summed E-state index contributed by atoms with van der Waals surface area (Å²) in [6.45, 7) is 8.69. The minimum Gasteiger partial charge on any atom is -0.461 e. The van der Waals surface area contributed by atoms with Gasteiger partial charge in [-0.1, -0.05) is 0 Å². The number of amides is 1. The molecule has 0 bridgehead atoms. The quantitative estimate of drug-likeness (QED) is 0.759. The van der Waals surface area contributed by atoms with Gasteiger partial charge in [0.1, 0.15) is 18.2 Å². The summed E-state index contributed by atoms with van der Waals surface area (Å²) >= 11 is 0. The highest BCUT2D eigenvalue weighted by molar-refractivity contribution is 5.81. The van der Waals surface area contributed by atoms with Gasteiger partial charge < -0.3 is 19.5 Å². The first-order valence-electron chi connectivity index (χ1n) is 5.84. The van der Waals surface area contributed by atoms with Gasteiger partial charge in [0.05, 0.1) is 6.10 Å². The van der Waals surface area contributed by atoms with E-state index in [0.717, 1.165) is 0 Å². The maximum Gasteiger partial charge on any atom is 0.408 e. The van der Waals surface area contributed by atoms with Gasteiger partial charge in [0.2, 0.25) is 0 Å². The second-order valence-electron chi connectivity index (χ2n) is 5.04. The van der Waals surface area contributed by atoms with Crippen LogP contribution in [0.1, 0.15) is 34.6 Å². The van der Waals surface area contributed by atoms with Gasteiger partial charge in [-0.3, -0.25) is 0 Å². The summed E-state index contributed by atoms with van der Waals surface area (Å²) in [5, 5.41) is 2.40. The molecule has 0 fully saturated rings. The lowest BCUT2D eigenvalue weighted by Gasteiger charge is -2.21. The third-order valence-corrected chi connectivity index (χ3v) is 1.95. The molecule has 0 aromatic rings. The van der Waals surface area contributed by atoms with E-state index < -0.39 is 23.7 Å². The van der Waals surface area contributed by atoms with Crippen LogP contribution in [0, 0.1) is 0 Å². The summed E-state index contributed by atoms with van der Waals surface area (Å²) in [4.78, 5) is 22.9. The second kappa shape index (κ2) is 7.20. The molecule has 1 unspecified atom stereocenters. The van der Waals surface area contributed by atoms with E-state index in [0.29, 0.717) is 0 Å². The van der Waals surface area contributed by atoms with Gasteiger partial charge in [0.25, 0.3) is 0 Å². The molecule has 0 aliphatic heterocycles. The largest absolute Gasteiger partial charge is 0.461 e. The van der Waals surface area contributed by atoms with E-state index in [1.54, 1.807) is 27.7 Å². The zero-order valence-electron chi connectivity index (χ0n) is 11.9. The molecule has 0 saturated heterocycles. The summed E-state index contributed by atoms with van der Waals surface area (Å²) in [5.74, 6) is -0.523. The van der Waals surface area contributed by atoms with Crippen LogP contribution in [0.3, 0.4) is 0 Å². The number of alkyl carbamates (subject to hydrolysis) is 1. The lowest BCUT2D eigenvalue weighted by atomic mass is 10.2. The van der Waals surface area contributed by atoms with E-state index in [9.17, 15) is 9.59 Å². The van der Waals surface area contributed by atoms with Gasteiger partial charge in [-0.25, -0.2) is 9.59 Å². The van der Waals surface area contributed by atoms with Crippen LogP contribution in [0.5, 0.6) is 0 Å². The molecule has 6 heteroatoms. The van der Waals surface area contributed by atoms with E-state index in [1.165, 1.54) is 14.0 Å². The van der Waals surface area contributed by atoms with Crippen LogP contribution in [-0.4, -0.2) is 43.5 Å². The molecule has 2 atom stereocenters. The van der Waals surface area contributed by atoms with Crippen LogP contribution in [0.4, 0.5) is 4.79 Å². The first-order chi connectivity index (χ1) is 8.15. The van der Waals surface area contributed by atoms with Gasteiger partial charge in [0, 0.05) is 7.11 Å². The van der Waals surface area contributed by atoms with Crippen LogP contribution in [-0.2, 0) is 19.0 Å². The molecule has 0 rings (SSSR count). The van der Waals surface area contributed by atoms with Crippen molar-refractivity contribution in [1.82, 2.24) is 5.32 Å². The fraction of sp³-hybridized carbons (Fsp3) is 0.833. The number of carbonyl (C=O) groups is 2. The summed E-state index contributed by atoms with van der Waals surface area (Å²) in [6.07, 6.45) is -0.825. The number of rotatable bonds is 5. The maximum atomic E-state index is 11.5. The maximum absolute atomic E-state index is 11.5. The Kier molecular flexibility index (Phi) is 6.68. The van der Waals surface area contributed by atoms with Crippen molar-refractivity contribution in [3.05, 3.63) is 0 Å². The summed E-state index contributed by atoms with van der Waals surface area (Å²) in [6, 6.07) is -0.760. The SMILES string of the molecule is COC(C)COC(=O)[C@H](C)NC(=O)OC(C)(C)C. The Bertz CT molecular complexity index is 285. The van der Waals surface area contributed by atoms with Gasteiger partial charge in [-0.05, 0) is 34.6 Å². The van der Waals surface area contributed by atoms with Crippen molar-refractivity contribution >= 4 is 12.1 Å². The summed E-state index contributed by atoms with van der Waals surface area (Å²) in [7, 11) is 1.53. The van der Waals surface area contributed by atoms with Crippen LogP contribution >= 0.6 is 0 Å². The number of methoxy groups -OCH3 is 1. The molecule has 0 aromatic carbocycles. The predicted octanol–water partition coefficient (Wildman–Crippen LogP) is 1.48. The molecule has 1 N–H and O–H groups in total. The fourth-order valence-electron chi connectivity index (χ4n) is 0.936. The Labute approximate surface area is 108 Å². The van der Waals surface area contributed by atoms with Crippen LogP contribution in [0.25, 0.3) is 0 Å². The van der Waals surface area contributed by atoms with Crippen molar-refractivity contribution in [2.75, 3.05) is 13.7 Å². The lowest BCUT2D eigenvalue weighted by molar-refractivity contribution is -0.148. The fourth-order valence-corrected chi connectivity index (χ4v) is 0.936. The first-order valence-corrected chi connectivity index (χ1v) is 5.84. The van der Waals surface area contributed by atoms with Crippen molar-refractivity contribution in [3.63, 3.8) is 0 Å². The van der Waals surface area contributed by atoms with Crippen molar-refractivity contribution in [2.24, 2.45) is 0 Å². The summed E-state index contributed by atoms with van der Waals surface area (Å²) in [5.41, 5.74) is -0.599. The zero-order valence-corrected chi connectivity index (χ0v) is 11.9. The molecular weight excluding hydrogens is 238 g/mol. The number of carbonyl (C=O) groups excluding carboxylic acids is 2. The number of ether oxygens (including phenoxy) is 3. The highest BCUT2D eigenvalue weighted by Crippen LogP contribution is 2.06. The third kappa shape index (κ3) is 7.89. The minimum absolute atomic E-state index is 0.148. The Morgan fingerprint density at radius 2 is 1.78 bits per heavy atom. The van der Waals surface area contributed by atoms with Gasteiger partial charge >= 0.3 is 12.1 Å². The van der Waals surface area contributed by atoms with E-state index >= 15 is 0 Å². The monoisotopic (exact) mass is 261 g/mol. The molecule has 0 aliphatic carbocycles. The Morgan fingerprint density at radius 3 is 2.22 bits per heavy atom. The van der Waals surface area contributed by atoms with Crippen molar-refractivity contribution < 1.29 is 23.8 Å². The Morgan fingerprint density at radius 1 is 1.22 bits per heavy atom. The number of nitrogens with one attached hydrogen (secondary N) is 1. The molecule has 0 saturated carbocycles. The molecule has 106 valence electrons. The minimum atomic E-state index is -0.760. The highest BCUT2D eigenvalue weighted by atomic mass is 16.6. The normalized spacial score (nSPS) is 14.6. The highest BCUT2D eigenvalue weighted by Gasteiger charge is 2.22. The van der Waals surface area contributed by atoms with E-state index in [1.807, 2.05) is 0 Å². The van der Waals surface area contributed by atoms with Crippen molar-refractivity contribution in [3.8, 4) is 0 Å². The smallest absolute Gasteiger partial charge is 0.408 e. The zero-order chi connectivity index (χ0) is 14.3. The van der Waals surface area contributed by atoms with E-state index in [4.69, 9.17) is 14.2 Å². The number of hydrogen-bond acceptors (Lipinski definition) is 5. The molecular formula is C12H23NO5. The third-order valence-electron chi connectivity index (χ3n) is 1.95. The standard InChI is InChI=1S/C12H23NO5/c1-8(16-6)7-17-10(14)9(2)13-11(15)18-12(3,4)5/h8-9H,7H2,1-6H3,(H,13,15)/t8?,9-/m0/s1. The van der Waals surface area contributed by atoms with Gasteiger partial charge in [-0.2, -0.15) is 0 Å². The average molecular weight is 261 g/mol. The summed E-state index contributed by atoms with van der Waals surface area (Å²) < 4.78 is 14.9. The molecule has 0 aliphatic rings.